The van der Waals surface area contributed by atoms with E-state index in [1.165, 1.54) is 0 Å². The molecule has 0 aliphatic rings. The van der Waals surface area contributed by atoms with Gasteiger partial charge in [-0.05, 0) is 34.7 Å². The molecule has 3 nitrogen and oxygen atoms in total. The fraction of sp³-hybridized carbons (Fsp3) is 0.375. The van der Waals surface area contributed by atoms with E-state index in [4.69, 9.17) is 4.74 Å². The summed E-state index contributed by atoms with van der Waals surface area (Å²) >= 11 is 2.03. The first-order valence-electron chi connectivity index (χ1n) is 3.59. The maximum absolute atomic E-state index is 11.4. The zero-order valence-corrected chi connectivity index (χ0v) is 8.95. The molecule has 0 amide bonds. The molecular weight excluding hydrogens is 269 g/mol. The van der Waals surface area contributed by atoms with Crippen molar-refractivity contribution in [1.82, 2.24) is 4.57 Å². The number of rotatable bonds is 3. The van der Waals surface area contributed by atoms with Crippen LogP contribution in [0.25, 0.3) is 0 Å². The number of halogens is 1. The van der Waals surface area contributed by atoms with Crippen LogP contribution in [-0.4, -0.2) is 18.3 Å². The lowest BCUT2D eigenvalue weighted by molar-refractivity contribution is 0.186. The number of ether oxygens (including phenoxy) is 1. The molecule has 1 aromatic rings. The largest absolute Gasteiger partial charge is 0.383 e. The van der Waals surface area contributed by atoms with Gasteiger partial charge in [0.2, 0.25) is 0 Å². The smallest absolute Gasteiger partial charge is 0.264 e. The molecular formula is C8H10INO2. The van der Waals surface area contributed by atoms with Crippen molar-refractivity contribution in [3.05, 3.63) is 32.3 Å². The highest BCUT2D eigenvalue weighted by molar-refractivity contribution is 14.1. The molecule has 1 aromatic heterocycles. The molecule has 0 atom stereocenters. The van der Waals surface area contributed by atoms with Crippen LogP contribution in [0.3, 0.4) is 0 Å². The Morgan fingerprint density at radius 2 is 2.42 bits per heavy atom. The molecule has 0 saturated carbocycles. The van der Waals surface area contributed by atoms with Crippen molar-refractivity contribution in [1.29, 1.82) is 0 Å². The quantitative estimate of drug-likeness (QED) is 0.776. The molecule has 0 spiro atoms. The second kappa shape index (κ2) is 4.61. The molecule has 0 bridgehead atoms. The Morgan fingerprint density at radius 1 is 1.67 bits per heavy atom. The molecule has 0 saturated heterocycles. The molecule has 0 N–H and O–H groups in total. The third kappa shape index (κ3) is 2.31. The summed E-state index contributed by atoms with van der Waals surface area (Å²) in [6.07, 6.45) is 1.77. The summed E-state index contributed by atoms with van der Waals surface area (Å²) in [6, 6.07) is 3.66. The predicted octanol–water partition coefficient (Wildman–Crippen LogP) is 1.10. The van der Waals surface area contributed by atoms with Gasteiger partial charge in [-0.15, -0.1) is 0 Å². The molecule has 0 aromatic carbocycles. The lowest BCUT2D eigenvalue weighted by Crippen LogP contribution is -2.23. The fourth-order valence-corrected chi connectivity index (χ4v) is 1.39. The summed E-state index contributed by atoms with van der Waals surface area (Å²) in [5.74, 6) is 0. The molecule has 4 heteroatoms. The van der Waals surface area contributed by atoms with Gasteiger partial charge in [0.1, 0.15) is 0 Å². The fourth-order valence-electron chi connectivity index (χ4n) is 0.873. The van der Waals surface area contributed by atoms with Crippen LogP contribution < -0.4 is 5.56 Å². The molecule has 1 heterocycles. The lowest BCUT2D eigenvalue weighted by Gasteiger charge is -2.03. The van der Waals surface area contributed by atoms with Gasteiger partial charge in [0, 0.05) is 19.9 Å². The van der Waals surface area contributed by atoms with Crippen LogP contribution in [0, 0.1) is 3.57 Å². The van der Waals surface area contributed by atoms with Crippen molar-refractivity contribution >= 4 is 22.6 Å². The Labute approximate surface area is 84.5 Å². The highest BCUT2D eigenvalue weighted by Crippen LogP contribution is 1.95. The van der Waals surface area contributed by atoms with E-state index in [0.29, 0.717) is 13.2 Å². The summed E-state index contributed by atoms with van der Waals surface area (Å²) in [6.45, 7) is 1.19. The van der Waals surface area contributed by atoms with Crippen LogP contribution in [0.15, 0.2) is 23.1 Å². The van der Waals surface area contributed by atoms with Crippen LogP contribution in [0.2, 0.25) is 0 Å². The Kier molecular flexibility index (Phi) is 3.74. The number of pyridine rings is 1. The predicted molar refractivity (Wildman–Crippen MR) is 55.3 cm³/mol. The topological polar surface area (TPSA) is 31.2 Å². The van der Waals surface area contributed by atoms with Gasteiger partial charge in [0.25, 0.3) is 5.56 Å². The molecule has 66 valence electrons. The second-order valence-corrected chi connectivity index (χ2v) is 3.51. The van der Waals surface area contributed by atoms with Gasteiger partial charge in [-0.3, -0.25) is 4.79 Å². The minimum absolute atomic E-state index is 0.0511. The minimum atomic E-state index is 0.0511. The van der Waals surface area contributed by atoms with E-state index < -0.39 is 0 Å². The van der Waals surface area contributed by atoms with E-state index in [0.717, 1.165) is 3.57 Å². The molecule has 0 aliphatic carbocycles. The second-order valence-electron chi connectivity index (χ2n) is 2.35. The van der Waals surface area contributed by atoms with Gasteiger partial charge in [-0.2, -0.15) is 0 Å². The number of aromatic nitrogens is 1. The van der Waals surface area contributed by atoms with Crippen LogP contribution in [-0.2, 0) is 11.3 Å². The third-order valence-electron chi connectivity index (χ3n) is 1.51. The first-order valence-corrected chi connectivity index (χ1v) is 4.67. The number of nitrogens with zero attached hydrogens (tertiary/aromatic N) is 1. The monoisotopic (exact) mass is 279 g/mol. The van der Waals surface area contributed by atoms with Crippen LogP contribution in [0.5, 0.6) is 0 Å². The number of hydrogen-bond donors (Lipinski definition) is 0. The van der Waals surface area contributed by atoms with Crippen molar-refractivity contribution in [2.75, 3.05) is 13.7 Å². The zero-order chi connectivity index (χ0) is 8.97. The summed E-state index contributed by atoms with van der Waals surface area (Å²) in [5.41, 5.74) is 0.0511. The van der Waals surface area contributed by atoms with Crippen LogP contribution in [0.1, 0.15) is 0 Å². The molecule has 12 heavy (non-hydrogen) atoms. The summed E-state index contributed by atoms with van der Waals surface area (Å²) in [7, 11) is 1.62. The van der Waals surface area contributed by atoms with Gasteiger partial charge < -0.3 is 9.30 Å². The van der Waals surface area contributed by atoms with Crippen molar-refractivity contribution in [2.45, 2.75) is 6.54 Å². The summed E-state index contributed by atoms with van der Waals surface area (Å²) < 4.78 is 7.26. The van der Waals surface area contributed by atoms with Crippen molar-refractivity contribution in [3.8, 4) is 0 Å². The van der Waals surface area contributed by atoms with E-state index >= 15 is 0 Å². The third-order valence-corrected chi connectivity index (χ3v) is 2.33. The van der Waals surface area contributed by atoms with E-state index in [1.807, 2.05) is 28.7 Å². The normalized spacial score (nSPS) is 10.2. The van der Waals surface area contributed by atoms with Crippen LogP contribution >= 0.6 is 22.6 Å². The molecule has 0 unspecified atom stereocenters. The van der Waals surface area contributed by atoms with E-state index in [-0.39, 0.29) is 5.56 Å². The average Bonchev–Trinajstić information content (AvgIpc) is 2.08. The highest BCUT2D eigenvalue weighted by Gasteiger charge is 1.97. The van der Waals surface area contributed by atoms with Crippen molar-refractivity contribution in [3.63, 3.8) is 0 Å². The number of hydrogen-bond acceptors (Lipinski definition) is 2. The minimum Gasteiger partial charge on any atom is -0.383 e. The Hall–Kier alpha value is -0.360. The Morgan fingerprint density at radius 3 is 3.08 bits per heavy atom. The lowest BCUT2D eigenvalue weighted by atomic mass is 10.5. The zero-order valence-electron chi connectivity index (χ0n) is 6.79. The maximum atomic E-state index is 11.4. The van der Waals surface area contributed by atoms with Gasteiger partial charge in [0.15, 0.2) is 0 Å². The first kappa shape index (κ1) is 9.73. The standard InChI is InChI=1S/C8H10INO2/c1-12-6-5-10-4-2-3-7(9)8(10)11/h2-4H,5-6H2,1H3. The highest BCUT2D eigenvalue weighted by atomic mass is 127. The summed E-state index contributed by atoms with van der Waals surface area (Å²) in [5, 5.41) is 0. The van der Waals surface area contributed by atoms with Crippen molar-refractivity contribution in [2.24, 2.45) is 0 Å². The van der Waals surface area contributed by atoms with Gasteiger partial charge in [-0.1, -0.05) is 0 Å². The van der Waals surface area contributed by atoms with E-state index in [9.17, 15) is 4.79 Å². The van der Waals surface area contributed by atoms with Crippen LogP contribution in [0.4, 0.5) is 0 Å². The van der Waals surface area contributed by atoms with Gasteiger partial charge in [0.05, 0.1) is 10.2 Å². The van der Waals surface area contributed by atoms with Crippen molar-refractivity contribution < 1.29 is 4.74 Å². The van der Waals surface area contributed by atoms with Gasteiger partial charge in [-0.25, -0.2) is 0 Å². The summed E-state index contributed by atoms with van der Waals surface area (Å²) in [4.78, 5) is 11.4. The Balaban J connectivity index is 2.85. The average molecular weight is 279 g/mol. The first-order chi connectivity index (χ1) is 5.75. The number of methoxy groups -OCH3 is 1. The SMILES string of the molecule is COCCn1cccc(I)c1=O. The van der Waals surface area contributed by atoms with E-state index in [2.05, 4.69) is 0 Å². The van der Waals surface area contributed by atoms with Gasteiger partial charge >= 0.3 is 0 Å². The molecule has 1 rings (SSSR count). The molecule has 0 aliphatic heterocycles. The maximum Gasteiger partial charge on any atom is 0.264 e. The Bertz CT molecular complexity index is 308. The molecule has 0 fully saturated rings. The molecule has 0 radical (unpaired) electrons. The van der Waals surface area contributed by atoms with E-state index in [1.54, 1.807) is 23.9 Å².